The van der Waals surface area contributed by atoms with E-state index in [1.165, 1.54) is 0 Å². The Hall–Kier alpha value is -3.51. The number of nitrogens with zero attached hydrogens (tertiary/aromatic N) is 3. The molecule has 1 aromatic heterocycles. The minimum atomic E-state index is 0.159. The smallest absolute Gasteiger partial charge is 0.244 e. The summed E-state index contributed by atoms with van der Waals surface area (Å²) in [6.07, 6.45) is 1.70. The number of rotatable bonds is 5. The fraction of sp³-hybridized carbons (Fsp3) is 0. The third-order valence-electron chi connectivity index (χ3n) is 4.22. The first-order chi connectivity index (χ1) is 14.2. The van der Waals surface area contributed by atoms with E-state index in [-0.39, 0.29) is 5.75 Å². The van der Waals surface area contributed by atoms with Crippen molar-refractivity contribution in [2.24, 2.45) is 5.10 Å². The molecule has 3 aromatic carbocycles. The van der Waals surface area contributed by atoms with E-state index < -0.39 is 0 Å². The standard InChI is InChI=1S/C23H17BrN4O/c24-18-12-10-17(11-13-18)20-14-21(19-8-4-5-9-22(19)29)27-23(26-20)28-25-15-16-6-2-1-3-7-16/h1-15,29H,(H,26,27,28). The average Bonchev–Trinajstić information content (AvgIpc) is 2.75. The van der Waals surface area contributed by atoms with Crippen LogP contribution in [0, 0.1) is 0 Å². The maximum absolute atomic E-state index is 10.3. The van der Waals surface area contributed by atoms with E-state index in [0.29, 0.717) is 17.2 Å². The van der Waals surface area contributed by atoms with Crippen molar-refractivity contribution in [2.75, 3.05) is 5.43 Å². The molecule has 0 aliphatic heterocycles. The third kappa shape index (κ3) is 4.67. The molecule has 29 heavy (non-hydrogen) atoms. The van der Waals surface area contributed by atoms with Gasteiger partial charge in [0.2, 0.25) is 5.95 Å². The molecule has 4 aromatic rings. The normalized spacial score (nSPS) is 10.9. The number of para-hydroxylation sites is 1. The molecule has 0 atom stereocenters. The Kier molecular flexibility index (Phi) is 5.63. The molecular weight excluding hydrogens is 428 g/mol. The van der Waals surface area contributed by atoms with Gasteiger partial charge in [-0.15, -0.1) is 0 Å². The van der Waals surface area contributed by atoms with Crippen LogP contribution in [-0.2, 0) is 0 Å². The number of phenols is 1. The zero-order chi connectivity index (χ0) is 20.1. The zero-order valence-corrected chi connectivity index (χ0v) is 16.9. The maximum atomic E-state index is 10.3. The SMILES string of the molecule is Oc1ccccc1-c1cc(-c2ccc(Br)cc2)nc(NN=Cc2ccccc2)n1. The van der Waals surface area contributed by atoms with Gasteiger partial charge in [0, 0.05) is 15.6 Å². The lowest BCUT2D eigenvalue weighted by atomic mass is 10.1. The highest BCUT2D eigenvalue weighted by molar-refractivity contribution is 9.10. The van der Waals surface area contributed by atoms with E-state index in [2.05, 4.69) is 36.4 Å². The minimum absolute atomic E-state index is 0.159. The van der Waals surface area contributed by atoms with Crippen LogP contribution >= 0.6 is 15.9 Å². The van der Waals surface area contributed by atoms with E-state index >= 15 is 0 Å². The second-order valence-corrected chi connectivity index (χ2v) is 7.18. The highest BCUT2D eigenvalue weighted by Crippen LogP contribution is 2.31. The predicted octanol–water partition coefficient (Wildman–Crippen LogP) is 5.72. The van der Waals surface area contributed by atoms with E-state index in [9.17, 15) is 5.11 Å². The van der Waals surface area contributed by atoms with Crippen molar-refractivity contribution in [2.45, 2.75) is 0 Å². The molecule has 4 rings (SSSR count). The number of benzene rings is 3. The van der Waals surface area contributed by atoms with Crippen molar-refractivity contribution in [1.29, 1.82) is 0 Å². The summed E-state index contributed by atoms with van der Waals surface area (Å²) in [4.78, 5) is 9.12. The Morgan fingerprint density at radius 3 is 2.28 bits per heavy atom. The molecule has 142 valence electrons. The van der Waals surface area contributed by atoms with Crippen LogP contribution in [0.5, 0.6) is 5.75 Å². The average molecular weight is 445 g/mol. The monoisotopic (exact) mass is 444 g/mol. The summed E-state index contributed by atoms with van der Waals surface area (Å²) in [5.74, 6) is 0.502. The number of aromatic nitrogens is 2. The molecule has 0 unspecified atom stereocenters. The first-order valence-corrected chi connectivity index (χ1v) is 9.76. The van der Waals surface area contributed by atoms with Gasteiger partial charge in [0.25, 0.3) is 0 Å². The molecular formula is C23H17BrN4O. The van der Waals surface area contributed by atoms with E-state index in [0.717, 1.165) is 21.3 Å². The number of phenolic OH excluding ortho intramolecular Hbond substituents is 1. The van der Waals surface area contributed by atoms with Crippen LogP contribution in [0.15, 0.2) is 94.5 Å². The molecule has 0 radical (unpaired) electrons. The van der Waals surface area contributed by atoms with Crippen LogP contribution in [0.1, 0.15) is 5.56 Å². The summed E-state index contributed by atoms with van der Waals surface area (Å²) in [5, 5.41) is 14.5. The first-order valence-electron chi connectivity index (χ1n) is 8.96. The lowest BCUT2D eigenvalue weighted by Crippen LogP contribution is -2.00. The Balaban J connectivity index is 1.72. The van der Waals surface area contributed by atoms with Crippen molar-refractivity contribution in [3.63, 3.8) is 0 Å². The quantitative estimate of drug-likeness (QED) is 0.304. The topological polar surface area (TPSA) is 70.4 Å². The lowest BCUT2D eigenvalue weighted by Gasteiger charge is -2.09. The van der Waals surface area contributed by atoms with Crippen LogP contribution in [-0.4, -0.2) is 21.3 Å². The van der Waals surface area contributed by atoms with Gasteiger partial charge >= 0.3 is 0 Å². The Labute approximate surface area is 176 Å². The van der Waals surface area contributed by atoms with Crippen molar-refractivity contribution >= 4 is 28.1 Å². The number of hydrogen-bond donors (Lipinski definition) is 2. The summed E-state index contributed by atoms with van der Waals surface area (Å²) in [6.45, 7) is 0. The summed E-state index contributed by atoms with van der Waals surface area (Å²) in [6, 6.07) is 26.6. The van der Waals surface area contributed by atoms with Gasteiger partial charge in [-0.1, -0.05) is 70.5 Å². The van der Waals surface area contributed by atoms with Gasteiger partial charge in [-0.25, -0.2) is 15.4 Å². The van der Waals surface area contributed by atoms with Crippen LogP contribution in [0.4, 0.5) is 5.95 Å². The van der Waals surface area contributed by atoms with Crippen molar-refractivity contribution in [1.82, 2.24) is 9.97 Å². The van der Waals surface area contributed by atoms with Crippen molar-refractivity contribution < 1.29 is 5.11 Å². The molecule has 0 fully saturated rings. The fourth-order valence-electron chi connectivity index (χ4n) is 2.80. The molecule has 5 nitrogen and oxygen atoms in total. The molecule has 0 aliphatic carbocycles. The Bertz CT molecular complexity index is 1150. The second-order valence-electron chi connectivity index (χ2n) is 6.27. The largest absolute Gasteiger partial charge is 0.507 e. The highest BCUT2D eigenvalue weighted by Gasteiger charge is 2.11. The number of nitrogens with one attached hydrogen (secondary N) is 1. The fourth-order valence-corrected chi connectivity index (χ4v) is 3.06. The van der Waals surface area contributed by atoms with E-state index in [4.69, 9.17) is 0 Å². The van der Waals surface area contributed by atoms with Gasteiger partial charge in [-0.05, 0) is 35.9 Å². The van der Waals surface area contributed by atoms with E-state index in [1.54, 1.807) is 18.3 Å². The number of anilines is 1. The molecule has 1 heterocycles. The van der Waals surface area contributed by atoms with Gasteiger partial charge in [0.05, 0.1) is 17.6 Å². The van der Waals surface area contributed by atoms with Crippen LogP contribution in [0.2, 0.25) is 0 Å². The van der Waals surface area contributed by atoms with Gasteiger partial charge < -0.3 is 5.11 Å². The number of halogens is 1. The lowest BCUT2D eigenvalue weighted by molar-refractivity contribution is 0.477. The molecule has 0 amide bonds. The van der Waals surface area contributed by atoms with Crippen LogP contribution in [0.3, 0.4) is 0 Å². The summed E-state index contributed by atoms with van der Waals surface area (Å²) < 4.78 is 0.988. The Morgan fingerprint density at radius 2 is 1.52 bits per heavy atom. The summed E-state index contributed by atoms with van der Waals surface area (Å²) in [7, 11) is 0. The molecule has 0 saturated heterocycles. The maximum Gasteiger partial charge on any atom is 0.244 e. The zero-order valence-electron chi connectivity index (χ0n) is 15.3. The number of hydrazone groups is 1. The number of hydrogen-bond acceptors (Lipinski definition) is 5. The summed E-state index contributed by atoms with van der Waals surface area (Å²) in [5.41, 5.74) is 6.75. The first kappa shape index (κ1) is 18.8. The van der Waals surface area contributed by atoms with Crippen LogP contribution < -0.4 is 5.43 Å². The molecule has 0 saturated carbocycles. The van der Waals surface area contributed by atoms with Gasteiger partial charge in [0.15, 0.2) is 0 Å². The Morgan fingerprint density at radius 1 is 0.828 bits per heavy atom. The van der Waals surface area contributed by atoms with Crippen molar-refractivity contribution in [3.05, 3.63) is 95.0 Å². The van der Waals surface area contributed by atoms with Crippen LogP contribution in [0.25, 0.3) is 22.5 Å². The summed E-state index contributed by atoms with van der Waals surface area (Å²) >= 11 is 3.45. The number of aromatic hydroxyl groups is 1. The molecule has 0 bridgehead atoms. The highest BCUT2D eigenvalue weighted by atomic mass is 79.9. The van der Waals surface area contributed by atoms with Crippen molar-refractivity contribution in [3.8, 4) is 28.3 Å². The van der Waals surface area contributed by atoms with Gasteiger partial charge in [0.1, 0.15) is 5.75 Å². The minimum Gasteiger partial charge on any atom is -0.507 e. The van der Waals surface area contributed by atoms with Gasteiger partial charge in [-0.2, -0.15) is 5.10 Å². The van der Waals surface area contributed by atoms with Gasteiger partial charge in [-0.3, -0.25) is 0 Å². The molecule has 0 spiro atoms. The predicted molar refractivity (Wildman–Crippen MR) is 120 cm³/mol. The second kappa shape index (κ2) is 8.67. The molecule has 0 aliphatic rings. The molecule has 2 N–H and O–H groups in total. The molecule has 6 heteroatoms. The third-order valence-corrected chi connectivity index (χ3v) is 4.75. The van der Waals surface area contributed by atoms with E-state index in [1.807, 2.05) is 72.8 Å².